The summed E-state index contributed by atoms with van der Waals surface area (Å²) >= 11 is 6.42. The van der Waals surface area contributed by atoms with Crippen LogP contribution in [-0.4, -0.2) is 42.0 Å². The molecule has 0 saturated carbocycles. The molecule has 28 heavy (non-hydrogen) atoms. The monoisotopic (exact) mass is 399 g/mol. The number of aromatic nitrogens is 1. The molecule has 0 bridgehead atoms. The van der Waals surface area contributed by atoms with Gasteiger partial charge in [0.1, 0.15) is 5.82 Å². The van der Waals surface area contributed by atoms with Gasteiger partial charge in [0.05, 0.1) is 16.7 Å². The predicted octanol–water partition coefficient (Wildman–Crippen LogP) is 4.55. The van der Waals surface area contributed by atoms with Crippen molar-refractivity contribution < 1.29 is 9.53 Å². The van der Waals surface area contributed by atoms with Gasteiger partial charge in [-0.15, -0.1) is 0 Å². The molecule has 2 aromatic rings. The Labute approximate surface area is 171 Å². The molecule has 2 atom stereocenters. The van der Waals surface area contributed by atoms with Crippen LogP contribution < -0.4 is 5.32 Å². The average molecular weight is 400 g/mol. The zero-order valence-electron chi connectivity index (χ0n) is 15.9. The summed E-state index contributed by atoms with van der Waals surface area (Å²) in [4.78, 5) is 18.9. The molecule has 2 fully saturated rings. The number of ether oxygens (including phenoxy) is 1. The number of halogens is 1. The fourth-order valence-corrected chi connectivity index (χ4v) is 4.28. The highest BCUT2D eigenvalue weighted by molar-refractivity contribution is 6.33. The molecule has 6 heteroatoms. The van der Waals surface area contributed by atoms with Crippen molar-refractivity contribution in [3.63, 3.8) is 0 Å². The number of hydrogen-bond acceptors (Lipinski definition) is 4. The maximum atomic E-state index is 12.6. The van der Waals surface area contributed by atoms with E-state index in [0.717, 1.165) is 45.5 Å². The van der Waals surface area contributed by atoms with Crippen LogP contribution in [0.15, 0.2) is 42.6 Å². The highest BCUT2D eigenvalue weighted by Crippen LogP contribution is 2.35. The van der Waals surface area contributed by atoms with Crippen LogP contribution in [0.25, 0.3) is 0 Å². The number of amides is 1. The van der Waals surface area contributed by atoms with Crippen molar-refractivity contribution >= 4 is 23.3 Å². The van der Waals surface area contributed by atoms with Gasteiger partial charge in [-0.2, -0.15) is 0 Å². The summed E-state index contributed by atoms with van der Waals surface area (Å²) in [5.41, 5.74) is 1.76. The van der Waals surface area contributed by atoms with Crippen molar-refractivity contribution in [1.29, 1.82) is 0 Å². The number of likely N-dealkylation sites (tertiary alicyclic amines) is 1. The molecule has 0 aliphatic carbocycles. The lowest BCUT2D eigenvalue weighted by atomic mass is 9.95. The van der Waals surface area contributed by atoms with E-state index < -0.39 is 0 Å². The van der Waals surface area contributed by atoms with Crippen LogP contribution in [0.5, 0.6) is 0 Å². The first-order valence-corrected chi connectivity index (χ1v) is 10.5. The van der Waals surface area contributed by atoms with E-state index in [2.05, 4.69) is 22.4 Å². The molecule has 0 spiro atoms. The van der Waals surface area contributed by atoms with E-state index in [1.165, 1.54) is 12.0 Å². The molecule has 3 heterocycles. The number of piperidine rings is 1. The average Bonchev–Trinajstić information content (AvgIpc) is 3.22. The van der Waals surface area contributed by atoms with Crippen molar-refractivity contribution in [2.24, 2.45) is 5.92 Å². The molecule has 0 radical (unpaired) electrons. The fourth-order valence-electron chi connectivity index (χ4n) is 4.05. The molecule has 4 rings (SSSR count). The maximum Gasteiger partial charge on any atom is 0.255 e. The SMILES string of the molecule is O=C(c1cnc(NCC2CCOC2c2ccccc2)c(Cl)c1)N1CCCCC1. The quantitative estimate of drug-likeness (QED) is 0.801. The van der Waals surface area contributed by atoms with E-state index in [0.29, 0.717) is 22.3 Å². The largest absolute Gasteiger partial charge is 0.373 e. The molecule has 1 aromatic heterocycles. The molecule has 2 aliphatic rings. The van der Waals surface area contributed by atoms with Gasteiger partial charge in [0.2, 0.25) is 0 Å². The van der Waals surface area contributed by atoms with Crippen molar-refractivity contribution in [2.45, 2.75) is 31.8 Å². The van der Waals surface area contributed by atoms with Gasteiger partial charge in [0, 0.05) is 38.4 Å². The molecule has 2 unspecified atom stereocenters. The third-order valence-electron chi connectivity index (χ3n) is 5.61. The van der Waals surface area contributed by atoms with Crippen molar-refractivity contribution in [1.82, 2.24) is 9.88 Å². The van der Waals surface area contributed by atoms with Gasteiger partial charge < -0.3 is 15.0 Å². The molecule has 1 N–H and O–H groups in total. The lowest BCUT2D eigenvalue weighted by Crippen LogP contribution is -2.35. The van der Waals surface area contributed by atoms with Gasteiger partial charge in [-0.3, -0.25) is 4.79 Å². The van der Waals surface area contributed by atoms with E-state index in [4.69, 9.17) is 16.3 Å². The second kappa shape index (κ2) is 8.93. The number of anilines is 1. The van der Waals surface area contributed by atoms with Crippen LogP contribution in [-0.2, 0) is 4.74 Å². The van der Waals surface area contributed by atoms with Gasteiger partial charge >= 0.3 is 0 Å². The van der Waals surface area contributed by atoms with E-state index in [1.54, 1.807) is 12.3 Å². The van der Waals surface area contributed by atoms with Crippen molar-refractivity contribution in [3.05, 3.63) is 58.7 Å². The first kappa shape index (κ1) is 19.2. The van der Waals surface area contributed by atoms with Crippen LogP contribution in [0.4, 0.5) is 5.82 Å². The number of hydrogen-bond donors (Lipinski definition) is 1. The summed E-state index contributed by atoms with van der Waals surface area (Å²) < 4.78 is 5.94. The van der Waals surface area contributed by atoms with E-state index in [9.17, 15) is 4.79 Å². The minimum absolute atomic E-state index is 0.0222. The van der Waals surface area contributed by atoms with Gasteiger partial charge in [-0.25, -0.2) is 4.98 Å². The summed E-state index contributed by atoms with van der Waals surface area (Å²) in [7, 11) is 0. The highest BCUT2D eigenvalue weighted by atomic mass is 35.5. The predicted molar refractivity (Wildman–Crippen MR) is 111 cm³/mol. The first-order chi connectivity index (χ1) is 13.7. The number of carbonyl (C=O) groups excluding carboxylic acids is 1. The Hall–Kier alpha value is -2.11. The standard InChI is InChI=1S/C22H26ClN3O2/c23-19-13-18(22(27)26-10-5-2-6-11-26)15-25-21(19)24-14-17-9-12-28-20(17)16-7-3-1-4-8-16/h1,3-4,7-8,13,15,17,20H,2,5-6,9-12,14H2,(H,24,25). The van der Waals surface area contributed by atoms with E-state index >= 15 is 0 Å². The molecular weight excluding hydrogens is 374 g/mol. The zero-order valence-corrected chi connectivity index (χ0v) is 16.7. The second-order valence-corrected chi connectivity index (χ2v) is 7.95. The molecule has 1 aromatic carbocycles. The number of carbonyl (C=O) groups is 1. The Morgan fingerprint density at radius 3 is 2.75 bits per heavy atom. The zero-order chi connectivity index (χ0) is 19.3. The van der Waals surface area contributed by atoms with Gasteiger partial charge in [-0.1, -0.05) is 41.9 Å². The second-order valence-electron chi connectivity index (χ2n) is 7.54. The number of benzene rings is 1. The fraction of sp³-hybridized carbons (Fsp3) is 0.455. The number of rotatable bonds is 5. The number of pyridine rings is 1. The summed E-state index contributed by atoms with van der Waals surface area (Å²) in [5.74, 6) is 1.000. The summed E-state index contributed by atoms with van der Waals surface area (Å²) in [6.07, 6.45) is 6.05. The highest BCUT2D eigenvalue weighted by Gasteiger charge is 2.29. The molecule has 148 valence electrons. The molecule has 2 saturated heterocycles. The van der Waals surface area contributed by atoms with Crippen LogP contribution in [0.1, 0.15) is 47.7 Å². The van der Waals surface area contributed by atoms with Crippen molar-refractivity contribution in [3.8, 4) is 0 Å². The first-order valence-electron chi connectivity index (χ1n) is 10.1. The Kier molecular flexibility index (Phi) is 6.13. The topological polar surface area (TPSA) is 54.5 Å². The van der Waals surface area contributed by atoms with Crippen LogP contribution in [0.3, 0.4) is 0 Å². The van der Waals surface area contributed by atoms with Gasteiger partial charge in [0.25, 0.3) is 5.91 Å². The van der Waals surface area contributed by atoms with Gasteiger partial charge in [0.15, 0.2) is 0 Å². The summed E-state index contributed by atoms with van der Waals surface area (Å²) in [5, 5.41) is 3.84. The van der Waals surface area contributed by atoms with Crippen LogP contribution in [0, 0.1) is 5.92 Å². The number of nitrogens with one attached hydrogen (secondary N) is 1. The molecule has 2 aliphatic heterocycles. The Morgan fingerprint density at radius 1 is 1.21 bits per heavy atom. The lowest BCUT2D eigenvalue weighted by molar-refractivity contribution is 0.0724. The third-order valence-corrected chi connectivity index (χ3v) is 5.89. The Morgan fingerprint density at radius 2 is 2.00 bits per heavy atom. The Balaban J connectivity index is 1.39. The smallest absolute Gasteiger partial charge is 0.255 e. The van der Waals surface area contributed by atoms with Crippen LogP contribution >= 0.6 is 11.6 Å². The maximum absolute atomic E-state index is 12.6. The molecular formula is C22H26ClN3O2. The third kappa shape index (κ3) is 4.31. The van der Waals surface area contributed by atoms with Crippen LogP contribution in [0.2, 0.25) is 5.02 Å². The summed E-state index contributed by atoms with van der Waals surface area (Å²) in [6.45, 7) is 3.13. The summed E-state index contributed by atoms with van der Waals surface area (Å²) in [6, 6.07) is 12.0. The lowest BCUT2D eigenvalue weighted by Gasteiger charge is -2.26. The number of nitrogens with zero attached hydrogens (tertiary/aromatic N) is 2. The normalized spacial score (nSPS) is 22.2. The minimum Gasteiger partial charge on any atom is -0.373 e. The van der Waals surface area contributed by atoms with E-state index in [1.807, 2.05) is 23.1 Å². The Bertz CT molecular complexity index is 809. The molecule has 1 amide bonds. The minimum atomic E-state index is 0.0222. The van der Waals surface area contributed by atoms with Crippen molar-refractivity contribution in [2.75, 3.05) is 31.6 Å². The van der Waals surface area contributed by atoms with Gasteiger partial charge in [-0.05, 0) is 37.3 Å². The van der Waals surface area contributed by atoms with E-state index in [-0.39, 0.29) is 12.0 Å². The molecule has 5 nitrogen and oxygen atoms in total.